The van der Waals surface area contributed by atoms with Crippen molar-refractivity contribution in [3.63, 3.8) is 0 Å². The van der Waals surface area contributed by atoms with Crippen molar-refractivity contribution in [2.75, 3.05) is 0 Å². The molecule has 76 valence electrons. The average molecular weight is 214 g/mol. The zero-order valence-electron chi connectivity index (χ0n) is 13.3. The highest BCUT2D eigenvalue weighted by Gasteiger charge is 1.96. The maximum Gasteiger partial charge on any atom is 0.385 e. The molecular formula is C13H11N3+2. The molecule has 16 heavy (non-hydrogen) atoms. The molecule has 0 saturated heterocycles. The molecule has 3 nitrogen and oxygen atoms in total. The fourth-order valence-corrected chi connectivity index (χ4v) is 0.803. The molecule has 0 unspecified atom stereocenters. The highest BCUT2D eigenvalue weighted by Crippen LogP contribution is 2.08. The molecule has 0 bridgehead atoms. The predicted molar refractivity (Wildman–Crippen MR) is 65.6 cm³/mol. The summed E-state index contributed by atoms with van der Waals surface area (Å²) in [6, 6.07) is 6.89. The van der Waals surface area contributed by atoms with Crippen molar-refractivity contribution in [2.45, 2.75) is 0 Å². The van der Waals surface area contributed by atoms with Gasteiger partial charge in [-0.15, -0.1) is 0 Å². The van der Waals surface area contributed by atoms with Crippen LogP contribution >= 0.6 is 0 Å². The first-order chi connectivity index (χ1) is 9.93. The molecule has 3 heteroatoms. The predicted octanol–water partition coefficient (Wildman–Crippen LogP) is 4.45. The lowest BCUT2D eigenvalue weighted by atomic mass is 10.3. The van der Waals surface area contributed by atoms with Gasteiger partial charge >= 0.3 is 11.4 Å². The Labute approximate surface area is 101 Å². The van der Waals surface area contributed by atoms with Crippen molar-refractivity contribution >= 4 is 11.4 Å². The molecule has 0 atom stereocenters. The summed E-state index contributed by atoms with van der Waals surface area (Å²) in [7, 11) is 0. The van der Waals surface area contributed by atoms with E-state index in [0.29, 0.717) is 5.69 Å². The molecule has 0 aliphatic heterocycles. The fourth-order valence-electron chi connectivity index (χ4n) is 0.803. The maximum atomic E-state index is 8.16. The van der Waals surface area contributed by atoms with Gasteiger partial charge in [0.15, 0.2) is 4.98 Å². The number of nitrogens with zero attached hydrogens (tertiary/aromatic N) is 3. The van der Waals surface area contributed by atoms with E-state index in [9.17, 15) is 0 Å². The van der Waals surface area contributed by atoms with Crippen LogP contribution in [0.2, 0.25) is 0 Å². The summed E-state index contributed by atoms with van der Waals surface area (Å²) in [6.45, 7) is 4.90. The Kier molecular flexibility index (Phi) is 2.55. The third kappa shape index (κ3) is 4.04. The minimum Gasteiger partial charge on any atom is -0.0617 e. The lowest BCUT2D eigenvalue weighted by Gasteiger charge is -1.71. The van der Waals surface area contributed by atoms with Gasteiger partial charge in [0.25, 0.3) is 6.57 Å². The molecule has 2 rings (SSSR count). The molecule has 0 amide bonds. The molecule has 0 fully saturated rings. The van der Waals surface area contributed by atoms with Gasteiger partial charge in [-0.25, -0.2) is 0 Å². The van der Waals surface area contributed by atoms with E-state index in [-0.39, 0.29) is 17.8 Å². The summed E-state index contributed by atoms with van der Waals surface area (Å²) < 4.78 is 36.2. The van der Waals surface area contributed by atoms with E-state index in [1.807, 2.05) is 18.2 Å². The zero-order valence-corrected chi connectivity index (χ0v) is 8.31. The van der Waals surface area contributed by atoms with Crippen LogP contribution < -0.4 is 0 Å². The van der Waals surface area contributed by atoms with E-state index >= 15 is 0 Å². The van der Waals surface area contributed by atoms with Gasteiger partial charge in [-0.1, -0.05) is 36.3 Å². The standard InChI is InChI=1S/C7H6N.C6H5N2/c1-8-7-5-3-2-4-6-7;7-8-6-4-2-1-3-5-6/h1-6H;1-5H/q2*+1/i2D,3D,4D,5D,6D;. The molecule has 0 saturated carbocycles. The minimum atomic E-state index is -0.442. The van der Waals surface area contributed by atoms with E-state index < -0.39 is 18.1 Å². The Morgan fingerprint density at radius 3 is 2.06 bits per heavy atom. The molecule has 2 aromatic rings. The summed E-state index contributed by atoms with van der Waals surface area (Å²) in [5.74, 6) is 0. The Hall–Kier alpha value is -2.65. The molecule has 0 heterocycles. The molecular weight excluding hydrogens is 198 g/mol. The number of hydrogen-bond acceptors (Lipinski definition) is 1. The maximum absolute atomic E-state index is 8.16. The van der Waals surface area contributed by atoms with E-state index in [2.05, 4.69) is 9.82 Å². The topological polar surface area (TPSA) is 32.5 Å². The van der Waals surface area contributed by atoms with Crippen LogP contribution in [0.15, 0.2) is 60.5 Å². The summed E-state index contributed by atoms with van der Waals surface area (Å²) in [5.41, 5.74) is 0.374. The Morgan fingerprint density at radius 2 is 1.62 bits per heavy atom. The van der Waals surface area contributed by atoms with Gasteiger partial charge < -0.3 is 0 Å². The summed E-state index contributed by atoms with van der Waals surface area (Å²) in [5, 5.41) is 8.16. The van der Waals surface area contributed by atoms with Crippen molar-refractivity contribution < 1.29 is 6.85 Å². The first-order valence-electron chi connectivity index (χ1n) is 6.82. The van der Waals surface area contributed by atoms with E-state index in [1.54, 1.807) is 12.1 Å². The number of para-hydroxylation sites is 1. The van der Waals surface area contributed by atoms with Crippen LogP contribution in [0.4, 0.5) is 11.4 Å². The number of diazo groups is 1. The first kappa shape index (κ1) is 6.05. The van der Waals surface area contributed by atoms with Crippen LogP contribution in [0.5, 0.6) is 0 Å². The SMILES string of the molecule is N#[N+]c1ccccc1.[2H]c1c([2H])c([2H])c([N+]#C)c([2H])c1[2H]. The van der Waals surface area contributed by atoms with Crippen molar-refractivity contribution in [3.8, 4) is 6.57 Å². The van der Waals surface area contributed by atoms with Gasteiger partial charge in [-0.3, -0.25) is 0 Å². The molecule has 0 aromatic heterocycles. The highest BCUT2D eigenvalue weighted by molar-refractivity contribution is 5.44. The highest BCUT2D eigenvalue weighted by atomic mass is 14.8. The van der Waals surface area contributed by atoms with Gasteiger partial charge in [0.1, 0.15) is 0 Å². The van der Waals surface area contributed by atoms with Crippen LogP contribution in [0.25, 0.3) is 9.82 Å². The quantitative estimate of drug-likeness (QED) is 0.596. The summed E-state index contributed by atoms with van der Waals surface area (Å²) >= 11 is 0. The number of benzene rings is 2. The van der Waals surface area contributed by atoms with Crippen molar-refractivity contribution in [1.82, 2.24) is 0 Å². The van der Waals surface area contributed by atoms with Crippen LogP contribution in [0, 0.1) is 12.0 Å². The second-order valence-electron chi connectivity index (χ2n) is 2.54. The number of rotatable bonds is 0. The lowest BCUT2D eigenvalue weighted by Crippen LogP contribution is -1.54. The van der Waals surface area contributed by atoms with Crippen LogP contribution in [0.1, 0.15) is 6.85 Å². The Balaban J connectivity index is 0.000000235. The second-order valence-corrected chi connectivity index (χ2v) is 2.54. The van der Waals surface area contributed by atoms with Crippen molar-refractivity contribution in [2.24, 2.45) is 0 Å². The second kappa shape index (κ2) is 6.75. The van der Waals surface area contributed by atoms with Crippen molar-refractivity contribution in [3.05, 3.63) is 70.4 Å². The van der Waals surface area contributed by atoms with Gasteiger partial charge in [0.05, 0.1) is 6.85 Å². The van der Waals surface area contributed by atoms with Gasteiger partial charge in [0, 0.05) is 24.2 Å². The van der Waals surface area contributed by atoms with E-state index in [0.717, 1.165) is 0 Å². The zero-order chi connectivity index (χ0) is 16.0. The first-order valence-corrected chi connectivity index (χ1v) is 4.32. The Bertz CT molecular complexity index is 703. The summed E-state index contributed by atoms with van der Waals surface area (Å²) in [4.78, 5) is 6.10. The van der Waals surface area contributed by atoms with Crippen LogP contribution in [-0.4, -0.2) is 0 Å². The fraction of sp³-hybridized carbons (Fsp3) is 0. The lowest BCUT2D eigenvalue weighted by molar-refractivity contribution is 1.46. The molecule has 0 aliphatic rings. The van der Waals surface area contributed by atoms with Crippen molar-refractivity contribution in [1.29, 1.82) is 5.39 Å². The molecule has 2 aromatic carbocycles. The van der Waals surface area contributed by atoms with Gasteiger partial charge in [-0.05, 0) is 4.85 Å². The van der Waals surface area contributed by atoms with Gasteiger partial charge in [0.2, 0.25) is 5.39 Å². The third-order valence-corrected chi connectivity index (χ3v) is 1.49. The van der Waals surface area contributed by atoms with E-state index in [4.69, 9.17) is 18.8 Å². The number of hydrogen-bond donors (Lipinski definition) is 0. The monoisotopic (exact) mass is 214 g/mol. The molecule has 0 radical (unpaired) electrons. The largest absolute Gasteiger partial charge is 0.385 e. The van der Waals surface area contributed by atoms with Crippen LogP contribution in [0.3, 0.4) is 0 Å². The molecule has 0 aliphatic carbocycles. The minimum absolute atomic E-state index is 0.217. The third-order valence-electron chi connectivity index (χ3n) is 1.49. The smallest absolute Gasteiger partial charge is 0.0617 e. The Morgan fingerprint density at radius 1 is 1.00 bits per heavy atom. The molecule has 0 spiro atoms. The van der Waals surface area contributed by atoms with Gasteiger partial charge in [-0.2, -0.15) is 0 Å². The van der Waals surface area contributed by atoms with E-state index in [1.165, 1.54) is 0 Å². The average Bonchev–Trinajstić information content (AvgIpc) is 2.53. The molecule has 0 N–H and O–H groups in total. The summed E-state index contributed by atoms with van der Waals surface area (Å²) in [6.07, 6.45) is 0. The van der Waals surface area contributed by atoms with Crippen LogP contribution in [-0.2, 0) is 0 Å². The normalized spacial score (nSPS) is 12.2.